The average Bonchev–Trinajstić information content (AvgIpc) is 2.46. The van der Waals surface area contributed by atoms with Crippen molar-refractivity contribution < 1.29 is 4.79 Å². The van der Waals surface area contributed by atoms with Crippen LogP contribution in [0.4, 0.5) is 5.95 Å². The molecule has 1 aromatic rings. The van der Waals surface area contributed by atoms with Gasteiger partial charge in [-0.3, -0.25) is 4.79 Å². The number of nitrogens with zero attached hydrogens (tertiary/aromatic N) is 3. The maximum absolute atomic E-state index is 11.9. The predicted octanol–water partition coefficient (Wildman–Crippen LogP) is 0.535. The minimum atomic E-state index is 0.0732. The Bertz CT molecular complexity index is 473. The van der Waals surface area contributed by atoms with E-state index in [9.17, 15) is 4.79 Å². The number of nitrogens with two attached hydrogens (primary N) is 1. The van der Waals surface area contributed by atoms with Gasteiger partial charge in [0.1, 0.15) is 10.7 Å². The van der Waals surface area contributed by atoms with Gasteiger partial charge in [-0.25, -0.2) is 9.97 Å². The molecule has 1 aliphatic heterocycles. The third kappa shape index (κ3) is 3.85. The molecule has 102 valence electrons. The van der Waals surface area contributed by atoms with E-state index in [4.69, 9.17) is 18.0 Å². The number of anilines is 1. The van der Waals surface area contributed by atoms with Crippen LogP contribution in [0.1, 0.15) is 25.0 Å². The Morgan fingerprint density at radius 3 is 2.84 bits per heavy atom. The number of nitrogens with one attached hydrogen (secondary N) is 1. The van der Waals surface area contributed by atoms with Crippen LogP contribution in [-0.4, -0.2) is 45.4 Å². The lowest BCUT2D eigenvalue weighted by atomic mass is 10.1. The summed E-state index contributed by atoms with van der Waals surface area (Å²) >= 11 is 4.84. The number of carbonyl (C=O) groups excluding carboxylic acids is 1. The Morgan fingerprint density at radius 2 is 2.16 bits per heavy atom. The highest BCUT2D eigenvalue weighted by Gasteiger charge is 2.16. The smallest absolute Gasteiger partial charge is 0.241 e. The molecule has 0 saturated carbocycles. The van der Waals surface area contributed by atoms with Crippen molar-refractivity contribution in [2.75, 3.05) is 25.0 Å². The van der Waals surface area contributed by atoms with Crippen molar-refractivity contribution in [3.63, 3.8) is 0 Å². The van der Waals surface area contributed by atoms with Crippen LogP contribution in [0.25, 0.3) is 0 Å². The maximum Gasteiger partial charge on any atom is 0.241 e. The van der Waals surface area contributed by atoms with Crippen molar-refractivity contribution in [1.29, 1.82) is 0 Å². The molecule has 0 radical (unpaired) electrons. The summed E-state index contributed by atoms with van der Waals surface area (Å²) in [7, 11) is 0. The highest BCUT2D eigenvalue weighted by Crippen LogP contribution is 2.09. The van der Waals surface area contributed by atoms with E-state index >= 15 is 0 Å². The predicted molar refractivity (Wildman–Crippen MR) is 76.8 cm³/mol. The molecule has 1 fully saturated rings. The lowest BCUT2D eigenvalue weighted by molar-refractivity contribution is -0.130. The highest BCUT2D eigenvalue weighted by molar-refractivity contribution is 7.80. The lowest BCUT2D eigenvalue weighted by Crippen LogP contribution is -2.39. The van der Waals surface area contributed by atoms with Crippen LogP contribution in [0, 0.1) is 0 Å². The zero-order valence-corrected chi connectivity index (χ0v) is 11.4. The van der Waals surface area contributed by atoms with Crippen LogP contribution in [0.5, 0.6) is 0 Å². The molecule has 6 nitrogen and oxygen atoms in total. The van der Waals surface area contributed by atoms with Crippen molar-refractivity contribution in [3.05, 3.63) is 18.0 Å². The van der Waals surface area contributed by atoms with Gasteiger partial charge in [0.25, 0.3) is 0 Å². The summed E-state index contributed by atoms with van der Waals surface area (Å²) in [4.78, 5) is 22.2. The first-order valence-electron chi connectivity index (χ1n) is 6.31. The molecule has 1 saturated heterocycles. The first-order chi connectivity index (χ1) is 9.16. The summed E-state index contributed by atoms with van der Waals surface area (Å²) < 4.78 is 0. The quantitative estimate of drug-likeness (QED) is 0.782. The molecular formula is C12H17N5OS. The molecule has 2 heterocycles. The summed E-state index contributed by atoms with van der Waals surface area (Å²) in [5, 5.41) is 2.91. The maximum atomic E-state index is 11.9. The van der Waals surface area contributed by atoms with E-state index in [1.807, 2.05) is 4.90 Å². The monoisotopic (exact) mass is 279 g/mol. The number of hydrogen-bond donors (Lipinski definition) is 2. The second-order valence-corrected chi connectivity index (χ2v) is 4.86. The summed E-state index contributed by atoms with van der Waals surface area (Å²) in [6.45, 7) is 1.88. The van der Waals surface area contributed by atoms with E-state index < -0.39 is 0 Å². The van der Waals surface area contributed by atoms with Gasteiger partial charge in [0.2, 0.25) is 11.9 Å². The van der Waals surface area contributed by atoms with Crippen molar-refractivity contribution in [2.45, 2.75) is 19.3 Å². The molecule has 0 spiro atoms. The van der Waals surface area contributed by atoms with Crippen molar-refractivity contribution in [1.82, 2.24) is 14.9 Å². The van der Waals surface area contributed by atoms with Gasteiger partial charge in [0.15, 0.2) is 0 Å². The first-order valence-corrected chi connectivity index (χ1v) is 6.72. The summed E-state index contributed by atoms with van der Waals surface area (Å²) in [5.41, 5.74) is 5.99. The molecule has 1 aromatic heterocycles. The number of likely N-dealkylation sites (tertiary alicyclic amines) is 1. The van der Waals surface area contributed by atoms with Crippen LogP contribution in [0.2, 0.25) is 0 Å². The number of hydrogen-bond acceptors (Lipinski definition) is 5. The summed E-state index contributed by atoms with van der Waals surface area (Å²) in [5.74, 6) is 0.444. The number of thiocarbonyl (C=S) groups is 1. The Morgan fingerprint density at radius 1 is 1.42 bits per heavy atom. The van der Waals surface area contributed by atoms with Crippen LogP contribution in [0.15, 0.2) is 12.3 Å². The Kier molecular flexibility index (Phi) is 4.62. The lowest BCUT2D eigenvalue weighted by Gasteiger charge is -2.26. The van der Waals surface area contributed by atoms with E-state index in [-0.39, 0.29) is 17.4 Å². The van der Waals surface area contributed by atoms with Crippen LogP contribution < -0.4 is 11.1 Å². The number of carbonyl (C=O) groups is 1. The number of rotatable bonds is 4. The summed E-state index contributed by atoms with van der Waals surface area (Å²) in [6.07, 6.45) is 4.93. The van der Waals surface area contributed by atoms with Crippen molar-refractivity contribution in [3.8, 4) is 0 Å². The van der Waals surface area contributed by atoms with Gasteiger partial charge in [-0.1, -0.05) is 12.2 Å². The van der Waals surface area contributed by atoms with Crippen molar-refractivity contribution in [2.24, 2.45) is 5.73 Å². The fourth-order valence-corrected chi connectivity index (χ4v) is 2.10. The fraction of sp³-hybridized carbons (Fsp3) is 0.500. The van der Waals surface area contributed by atoms with Gasteiger partial charge in [-0.15, -0.1) is 0 Å². The van der Waals surface area contributed by atoms with Crippen LogP contribution in [0.3, 0.4) is 0 Å². The SMILES string of the molecule is NC(=S)c1ccnc(NCC(=O)N2CCCCC2)n1. The molecule has 0 unspecified atom stereocenters. The fourth-order valence-electron chi connectivity index (χ4n) is 1.99. The van der Waals surface area contributed by atoms with E-state index in [2.05, 4.69) is 15.3 Å². The molecule has 7 heteroatoms. The molecule has 1 aliphatic rings. The third-order valence-electron chi connectivity index (χ3n) is 3.01. The molecule has 0 atom stereocenters. The average molecular weight is 279 g/mol. The second kappa shape index (κ2) is 6.42. The Hall–Kier alpha value is -1.76. The van der Waals surface area contributed by atoms with E-state index in [1.165, 1.54) is 6.42 Å². The minimum absolute atomic E-state index is 0.0732. The highest BCUT2D eigenvalue weighted by atomic mass is 32.1. The van der Waals surface area contributed by atoms with Crippen LogP contribution in [-0.2, 0) is 4.79 Å². The Balaban J connectivity index is 1.89. The van der Waals surface area contributed by atoms with E-state index in [0.29, 0.717) is 11.6 Å². The molecular weight excluding hydrogens is 262 g/mol. The van der Waals surface area contributed by atoms with Gasteiger partial charge in [0, 0.05) is 19.3 Å². The van der Waals surface area contributed by atoms with Gasteiger partial charge in [-0.2, -0.15) is 0 Å². The molecule has 0 bridgehead atoms. The number of amides is 1. The normalized spacial score (nSPS) is 15.1. The summed E-state index contributed by atoms with van der Waals surface area (Å²) in [6, 6.07) is 1.64. The standard InChI is InChI=1S/C12H17N5OS/c13-11(19)9-4-5-14-12(16-9)15-8-10(18)17-6-2-1-3-7-17/h4-5H,1-3,6-8H2,(H2,13,19)(H,14,15,16). The number of aromatic nitrogens is 2. The first kappa shape index (κ1) is 13.7. The van der Waals surface area contributed by atoms with Gasteiger partial charge >= 0.3 is 0 Å². The van der Waals surface area contributed by atoms with Crippen LogP contribution >= 0.6 is 12.2 Å². The Labute approximate surface area is 117 Å². The molecule has 19 heavy (non-hydrogen) atoms. The third-order valence-corrected chi connectivity index (χ3v) is 3.22. The largest absolute Gasteiger partial charge is 0.388 e. The van der Waals surface area contributed by atoms with Gasteiger partial charge in [0.05, 0.1) is 6.54 Å². The van der Waals surface area contributed by atoms with E-state index in [0.717, 1.165) is 25.9 Å². The molecule has 0 aliphatic carbocycles. The second-order valence-electron chi connectivity index (χ2n) is 4.42. The van der Waals surface area contributed by atoms with Gasteiger partial charge < -0.3 is 16.0 Å². The zero-order chi connectivity index (χ0) is 13.7. The number of piperidine rings is 1. The molecule has 1 amide bonds. The molecule has 3 N–H and O–H groups in total. The molecule has 0 aromatic carbocycles. The zero-order valence-electron chi connectivity index (χ0n) is 10.6. The minimum Gasteiger partial charge on any atom is -0.388 e. The van der Waals surface area contributed by atoms with Gasteiger partial charge in [-0.05, 0) is 25.3 Å². The van der Waals surface area contributed by atoms with E-state index in [1.54, 1.807) is 12.3 Å². The topological polar surface area (TPSA) is 84.1 Å². The molecule has 2 rings (SSSR count). The van der Waals surface area contributed by atoms with Crippen molar-refractivity contribution >= 4 is 29.1 Å².